The van der Waals surface area contributed by atoms with Crippen LogP contribution in [0.15, 0.2) is 53.4 Å². The minimum Gasteiger partial charge on any atom is -0.375 e. The van der Waals surface area contributed by atoms with Crippen LogP contribution in [0.1, 0.15) is 22.8 Å². The number of carbonyl (C=O) groups excluding carboxylic acids is 1. The number of hydrogen-bond donors (Lipinski definition) is 1. The lowest BCUT2D eigenvalue weighted by atomic mass is 10.2. The number of rotatable bonds is 4. The molecule has 0 aromatic heterocycles. The number of anilines is 1. The molecule has 0 bridgehead atoms. The smallest absolute Gasteiger partial charge is 0.261 e. The van der Waals surface area contributed by atoms with Crippen molar-refractivity contribution in [3.63, 3.8) is 0 Å². The van der Waals surface area contributed by atoms with Gasteiger partial charge < -0.3 is 9.64 Å². The third-order valence-electron chi connectivity index (χ3n) is 4.19. The molecular weight excluding hydrogens is 352 g/mol. The van der Waals surface area contributed by atoms with E-state index in [-0.39, 0.29) is 16.9 Å². The van der Waals surface area contributed by atoms with Crippen molar-refractivity contribution >= 4 is 21.6 Å². The molecule has 1 amide bonds. The van der Waals surface area contributed by atoms with Crippen LogP contribution in [0, 0.1) is 6.92 Å². The third kappa shape index (κ3) is 4.23. The molecule has 3 rings (SSSR count). The van der Waals surface area contributed by atoms with Gasteiger partial charge in [-0.25, -0.2) is 8.42 Å². The number of nitrogens with one attached hydrogen (secondary N) is 1. The lowest BCUT2D eigenvalue weighted by Gasteiger charge is -2.31. The molecule has 7 heteroatoms. The van der Waals surface area contributed by atoms with Crippen LogP contribution in [-0.4, -0.2) is 45.0 Å². The van der Waals surface area contributed by atoms with Crippen LogP contribution in [0.3, 0.4) is 0 Å². The number of nitrogens with zero attached hydrogens (tertiary/aromatic N) is 1. The van der Waals surface area contributed by atoms with Gasteiger partial charge in [-0.1, -0.05) is 18.2 Å². The van der Waals surface area contributed by atoms with E-state index in [0.29, 0.717) is 30.9 Å². The fourth-order valence-electron chi connectivity index (χ4n) is 2.90. The van der Waals surface area contributed by atoms with Gasteiger partial charge in [0.2, 0.25) is 0 Å². The predicted molar refractivity (Wildman–Crippen MR) is 99.7 cm³/mol. The molecule has 1 heterocycles. The standard InChI is InChI=1S/C19H22N2O4S/c1-14-5-3-7-17(11-14)20-26(23,24)18-8-4-6-16(12-18)19(22)21-9-10-25-15(2)13-21/h3-8,11-12,15,20H,9-10,13H2,1-2H3. The van der Waals surface area contributed by atoms with E-state index in [1.807, 2.05) is 19.9 Å². The monoisotopic (exact) mass is 374 g/mol. The Morgan fingerprint density at radius 1 is 1.19 bits per heavy atom. The first kappa shape index (κ1) is 18.4. The van der Waals surface area contributed by atoms with Crippen molar-refractivity contribution in [1.29, 1.82) is 0 Å². The molecule has 26 heavy (non-hydrogen) atoms. The number of sulfonamides is 1. The Kier molecular flexibility index (Phi) is 5.29. The first-order chi connectivity index (χ1) is 12.3. The fraction of sp³-hybridized carbons (Fsp3) is 0.316. The highest BCUT2D eigenvalue weighted by molar-refractivity contribution is 7.92. The van der Waals surface area contributed by atoms with Gasteiger partial charge in [-0.2, -0.15) is 0 Å². The average Bonchev–Trinajstić information content (AvgIpc) is 2.61. The maximum atomic E-state index is 12.7. The fourth-order valence-corrected chi connectivity index (χ4v) is 4.00. The minimum absolute atomic E-state index is 0.0254. The number of benzene rings is 2. The molecule has 0 radical (unpaired) electrons. The van der Waals surface area contributed by atoms with Crippen molar-refractivity contribution in [2.75, 3.05) is 24.4 Å². The van der Waals surface area contributed by atoms with Crippen LogP contribution in [-0.2, 0) is 14.8 Å². The molecule has 1 unspecified atom stereocenters. The van der Waals surface area contributed by atoms with Gasteiger partial charge in [-0.3, -0.25) is 9.52 Å². The molecule has 1 atom stereocenters. The van der Waals surface area contributed by atoms with E-state index in [1.54, 1.807) is 35.2 Å². The normalized spacial score (nSPS) is 17.8. The van der Waals surface area contributed by atoms with Crippen molar-refractivity contribution in [3.05, 3.63) is 59.7 Å². The van der Waals surface area contributed by atoms with Gasteiger partial charge in [0.1, 0.15) is 0 Å². The average molecular weight is 374 g/mol. The maximum Gasteiger partial charge on any atom is 0.261 e. The van der Waals surface area contributed by atoms with E-state index in [1.165, 1.54) is 12.1 Å². The van der Waals surface area contributed by atoms with Gasteiger partial charge in [0.25, 0.3) is 15.9 Å². The predicted octanol–water partition coefficient (Wildman–Crippen LogP) is 2.66. The van der Waals surface area contributed by atoms with Crippen molar-refractivity contribution in [2.45, 2.75) is 24.8 Å². The largest absolute Gasteiger partial charge is 0.375 e. The summed E-state index contributed by atoms with van der Waals surface area (Å²) in [6, 6.07) is 13.2. The zero-order valence-electron chi connectivity index (χ0n) is 14.8. The molecular formula is C19H22N2O4S. The zero-order valence-corrected chi connectivity index (χ0v) is 15.6. The molecule has 0 spiro atoms. The molecule has 1 fully saturated rings. The summed E-state index contributed by atoms with van der Waals surface area (Å²) in [5, 5.41) is 0. The first-order valence-electron chi connectivity index (χ1n) is 8.45. The van der Waals surface area contributed by atoms with Crippen LogP contribution in [0.25, 0.3) is 0 Å². The van der Waals surface area contributed by atoms with Gasteiger partial charge in [0.05, 0.1) is 17.6 Å². The van der Waals surface area contributed by atoms with E-state index in [2.05, 4.69) is 4.72 Å². The number of ether oxygens (including phenoxy) is 1. The minimum atomic E-state index is -3.77. The van der Waals surface area contributed by atoms with E-state index >= 15 is 0 Å². The van der Waals surface area contributed by atoms with Crippen LogP contribution >= 0.6 is 0 Å². The van der Waals surface area contributed by atoms with E-state index in [9.17, 15) is 13.2 Å². The summed E-state index contributed by atoms with van der Waals surface area (Å²) < 4.78 is 33.3. The highest BCUT2D eigenvalue weighted by Crippen LogP contribution is 2.19. The lowest BCUT2D eigenvalue weighted by Crippen LogP contribution is -2.44. The van der Waals surface area contributed by atoms with E-state index < -0.39 is 10.0 Å². The number of carbonyl (C=O) groups is 1. The Labute approximate surface area is 153 Å². The van der Waals surface area contributed by atoms with Crippen LogP contribution in [0.4, 0.5) is 5.69 Å². The van der Waals surface area contributed by atoms with Crippen LogP contribution < -0.4 is 4.72 Å². The number of amides is 1. The maximum absolute atomic E-state index is 12.7. The second-order valence-electron chi connectivity index (χ2n) is 6.44. The van der Waals surface area contributed by atoms with E-state index in [4.69, 9.17) is 4.74 Å². The van der Waals surface area contributed by atoms with Crippen LogP contribution in [0.5, 0.6) is 0 Å². The van der Waals surface area contributed by atoms with Gasteiger partial charge >= 0.3 is 0 Å². The molecule has 6 nitrogen and oxygen atoms in total. The highest BCUT2D eigenvalue weighted by Gasteiger charge is 2.24. The van der Waals surface area contributed by atoms with Gasteiger partial charge in [-0.05, 0) is 49.7 Å². The molecule has 0 saturated carbocycles. The molecule has 1 saturated heterocycles. The van der Waals surface area contributed by atoms with Crippen molar-refractivity contribution in [1.82, 2.24) is 4.90 Å². The Balaban J connectivity index is 1.83. The van der Waals surface area contributed by atoms with Gasteiger partial charge in [0.15, 0.2) is 0 Å². The number of hydrogen-bond acceptors (Lipinski definition) is 4. The number of morpholine rings is 1. The Bertz CT molecular complexity index is 911. The molecule has 1 aliphatic rings. The molecule has 0 aliphatic carbocycles. The summed E-state index contributed by atoms with van der Waals surface area (Å²) in [5.74, 6) is -0.187. The van der Waals surface area contributed by atoms with E-state index in [0.717, 1.165) is 5.56 Å². The Morgan fingerprint density at radius 2 is 1.96 bits per heavy atom. The summed E-state index contributed by atoms with van der Waals surface area (Å²) >= 11 is 0. The Morgan fingerprint density at radius 3 is 2.69 bits per heavy atom. The zero-order chi connectivity index (χ0) is 18.7. The lowest BCUT2D eigenvalue weighted by molar-refractivity contribution is -0.0124. The SMILES string of the molecule is Cc1cccc(NS(=O)(=O)c2cccc(C(=O)N3CCOC(C)C3)c2)c1. The second kappa shape index (κ2) is 7.47. The summed E-state index contributed by atoms with van der Waals surface area (Å²) in [5.41, 5.74) is 1.80. The third-order valence-corrected chi connectivity index (χ3v) is 5.57. The van der Waals surface area contributed by atoms with Gasteiger partial charge in [0, 0.05) is 24.3 Å². The second-order valence-corrected chi connectivity index (χ2v) is 8.12. The summed E-state index contributed by atoms with van der Waals surface area (Å²) in [6.45, 7) is 5.28. The summed E-state index contributed by atoms with van der Waals surface area (Å²) in [6.07, 6.45) is -0.0254. The molecule has 138 valence electrons. The topological polar surface area (TPSA) is 75.7 Å². The highest BCUT2D eigenvalue weighted by atomic mass is 32.2. The van der Waals surface area contributed by atoms with Crippen molar-refractivity contribution in [2.24, 2.45) is 0 Å². The summed E-state index contributed by atoms with van der Waals surface area (Å²) in [4.78, 5) is 14.4. The van der Waals surface area contributed by atoms with Gasteiger partial charge in [-0.15, -0.1) is 0 Å². The molecule has 1 N–H and O–H groups in total. The van der Waals surface area contributed by atoms with Crippen LogP contribution in [0.2, 0.25) is 0 Å². The quantitative estimate of drug-likeness (QED) is 0.893. The first-order valence-corrected chi connectivity index (χ1v) is 9.94. The molecule has 2 aromatic carbocycles. The molecule has 2 aromatic rings. The van der Waals surface area contributed by atoms with Crippen molar-refractivity contribution in [3.8, 4) is 0 Å². The number of aryl methyl sites for hydroxylation is 1. The summed E-state index contributed by atoms with van der Waals surface area (Å²) in [7, 11) is -3.77. The molecule has 1 aliphatic heterocycles. The van der Waals surface area contributed by atoms with Crippen molar-refractivity contribution < 1.29 is 17.9 Å². The Hall–Kier alpha value is -2.38.